The number of carboxylic acids is 1. The van der Waals surface area contributed by atoms with Crippen LogP contribution < -0.4 is 0 Å². The van der Waals surface area contributed by atoms with Gasteiger partial charge in [-0.15, -0.1) is 10.2 Å². The Morgan fingerprint density at radius 1 is 1.32 bits per heavy atom. The fourth-order valence-electron chi connectivity index (χ4n) is 1.57. The lowest BCUT2D eigenvalue weighted by Crippen LogP contribution is -2.11. The zero-order valence-electron chi connectivity index (χ0n) is 9.75. The van der Waals surface area contributed by atoms with Crippen LogP contribution in [0.5, 0.6) is 0 Å². The molecule has 1 aliphatic rings. The predicted molar refractivity (Wildman–Crippen MR) is 61.1 cm³/mol. The normalized spacial score (nSPS) is 14.7. The molecule has 0 amide bonds. The molecule has 100 valence electrons. The minimum absolute atomic E-state index is 0.261. The van der Waals surface area contributed by atoms with Crippen molar-refractivity contribution in [2.45, 2.75) is 36.3 Å². The molecule has 0 radical (unpaired) electrons. The van der Waals surface area contributed by atoms with Crippen molar-refractivity contribution in [3.63, 3.8) is 0 Å². The molecule has 1 N–H and O–H groups in total. The molecule has 0 aromatic carbocycles. The second kappa shape index (κ2) is 4.91. The molecule has 0 aliphatic heterocycles. The third-order valence-corrected chi connectivity index (χ3v) is 3.52. The van der Waals surface area contributed by atoms with Crippen LogP contribution in [0.4, 0.5) is 0 Å². The van der Waals surface area contributed by atoms with E-state index in [1.807, 2.05) is 0 Å². The van der Waals surface area contributed by atoms with E-state index in [9.17, 15) is 4.79 Å². The van der Waals surface area contributed by atoms with Crippen molar-refractivity contribution in [1.82, 2.24) is 40.4 Å². The lowest BCUT2D eigenvalue weighted by atomic mass is 10.6. The molecule has 0 bridgehead atoms. The predicted octanol–water partition coefficient (Wildman–Crippen LogP) is -0.629. The van der Waals surface area contributed by atoms with Crippen LogP contribution in [0.3, 0.4) is 0 Å². The molecule has 1 aliphatic carbocycles. The summed E-state index contributed by atoms with van der Waals surface area (Å²) in [7, 11) is 0. The highest BCUT2D eigenvalue weighted by Crippen LogP contribution is 2.35. The zero-order chi connectivity index (χ0) is 13.2. The molecule has 0 atom stereocenters. The largest absolute Gasteiger partial charge is 0.480 e. The van der Waals surface area contributed by atoms with Gasteiger partial charge < -0.3 is 5.11 Å². The molecular formula is C8H10N8O2S. The molecule has 0 unspecified atom stereocenters. The molecule has 0 spiro atoms. The van der Waals surface area contributed by atoms with Crippen molar-refractivity contribution in [2.24, 2.45) is 0 Å². The maximum atomic E-state index is 10.6. The van der Waals surface area contributed by atoms with Crippen molar-refractivity contribution >= 4 is 17.7 Å². The number of tetrazole rings is 2. The minimum Gasteiger partial charge on any atom is -0.480 e. The summed E-state index contributed by atoms with van der Waals surface area (Å²) < 4.78 is 3.04. The Labute approximate surface area is 111 Å². The van der Waals surface area contributed by atoms with Crippen LogP contribution in [-0.2, 0) is 17.1 Å². The first-order valence-electron chi connectivity index (χ1n) is 5.61. The molecule has 3 rings (SSSR count). The number of nitrogens with zero attached hydrogens (tertiary/aromatic N) is 8. The maximum absolute atomic E-state index is 10.6. The molecular weight excluding hydrogens is 272 g/mol. The van der Waals surface area contributed by atoms with Crippen molar-refractivity contribution in [3.8, 4) is 0 Å². The van der Waals surface area contributed by atoms with Gasteiger partial charge in [0.2, 0.25) is 5.16 Å². The van der Waals surface area contributed by atoms with Gasteiger partial charge in [0.15, 0.2) is 5.82 Å². The van der Waals surface area contributed by atoms with E-state index >= 15 is 0 Å². The van der Waals surface area contributed by atoms with Crippen LogP contribution in [-0.4, -0.2) is 51.5 Å². The number of hydrogen-bond donors (Lipinski definition) is 1. The van der Waals surface area contributed by atoms with E-state index in [1.54, 1.807) is 4.68 Å². The quantitative estimate of drug-likeness (QED) is 0.689. The third kappa shape index (κ3) is 2.70. The van der Waals surface area contributed by atoms with Gasteiger partial charge in [0, 0.05) is 0 Å². The Kier molecular flexibility index (Phi) is 3.11. The fourth-order valence-corrected chi connectivity index (χ4v) is 2.36. The summed E-state index contributed by atoms with van der Waals surface area (Å²) in [5.41, 5.74) is 0. The third-order valence-electron chi connectivity index (χ3n) is 2.57. The molecule has 2 aromatic rings. The van der Waals surface area contributed by atoms with Gasteiger partial charge in [-0.3, -0.25) is 4.79 Å². The second-order valence-electron chi connectivity index (χ2n) is 4.07. The van der Waals surface area contributed by atoms with E-state index in [0.29, 0.717) is 17.0 Å². The average Bonchev–Trinajstić information content (AvgIpc) is 2.95. The Morgan fingerprint density at radius 2 is 2.11 bits per heavy atom. The van der Waals surface area contributed by atoms with Crippen LogP contribution in [0.1, 0.15) is 24.7 Å². The van der Waals surface area contributed by atoms with Gasteiger partial charge >= 0.3 is 5.97 Å². The van der Waals surface area contributed by atoms with E-state index < -0.39 is 5.97 Å². The fraction of sp³-hybridized carbons (Fsp3) is 0.625. The Bertz CT molecular complexity index is 591. The Balaban J connectivity index is 1.67. The summed E-state index contributed by atoms with van der Waals surface area (Å²) in [4.78, 5) is 10.6. The van der Waals surface area contributed by atoms with Gasteiger partial charge in [0.05, 0.1) is 11.8 Å². The number of carboxylic acid groups (broad SMARTS) is 1. The van der Waals surface area contributed by atoms with Crippen molar-refractivity contribution in [3.05, 3.63) is 5.82 Å². The molecule has 1 saturated carbocycles. The van der Waals surface area contributed by atoms with Gasteiger partial charge in [-0.1, -0.05) is 11.8 Å². The summed E-state index contributed by atoms with van der Waals surface area (Å²) in [5, 5.41) is 31.6. The van der Waals surface area contributed by atoms with E-state index in [4.69, 9.17) is 5.11 Å². The number of aromatic nitrogens is 8. The monoisotopic (exact) mass is 282 g/mol. The van der Waals surface area contributed by atoms with Crippen LogP contribution >= 0.6 is 11.8 Å². The Morgan fingerprint density at radius 3 is 2.84 bits per heavy atom. The SMILES string of the molecule is O=C(O)Cn1nnnc1SCc1nnnn1C1CC1. The Hall–Kier alpha value is -2.04. The number of carbonyl (C=O) groups is 1. The highest BCUT2D eigenvalue weighted by Gasteiger charge is 2.27. The van der Waals surface area contributed by atoms with Crippen molar-refractivity contribution < 1.29 is 9.90 Å². The van der Waals surface area contributed by atoms with Gasteiger partial charge in [-0.05, 0) is 33.7 Å². The van der Waals surface area contributed by atoms with Crippen LogP contribution in [0, 0.1) is 0 Å². The molecule has 1 fully saturated rings. The molecule has 11 heteroatoms. The molecule has 10 nitrogen and oxygen atoms in total. The standard InChI is InChI=1S/C8H10N8O2S/c17-7(18)3-15-8(10-12-13-15)19-4-6-9-11-14-16(6)5-1-2-5/h5H,1-4H2,(H,17,18). The smallest absolute Gasteiger partial charge is 0.325 e. The van der Waals surface area contributed by atoms with Gasteiger partial charge in [0.1, 0.15) is 6.54 Å². The summed E-state index contributed by atoms with van der Waals surface area (Å²) >= 11 is 1.31. The van der Waals surface area contributed by atoms with E-state index in [1.165, 1.54) is 16.4 Å². The van der Waals surface area contributed by atoms with Crippen molar-refractivity contribution in [2.75, 3.05) is 0 Å². The highest BCUT2D eigenvalue weighted by molar-refractivity contribution is 7.98. The number of rotatable bonds is 6. The maximum Gasteiger partial charge on any atom is 0.325 e. The first-order valence-corrected chi connectivity index (χ1v) is 6.60. The lowest BCUT2D eigenvalue weighted by molar-refractivity contribution is -0.138. The molecule has 2 aromatic heterocycles. The van der Waals surface area contributed by atoms with Gasteiger partial charge in [-0.25, -0.2) is 9.36 Å². The summed E-state index contributed by atoms with van der Waals surface area (Å²) in [6.07, 6.45) is 2.19. The van der Waals surface area contributed by atoms with Crippen molar-refractivity contribution in [1.29, 1.82) is 0 Å². The number of thioether (sulfide) groups is 1. The van der Waals surface area contributed by atoms with E-state index in [0.717, 1.165) is 18.7 Å². The van der Waals surface area contributed by atoms with E-state index in [-0.39, 0.29) is 6.54 Å². The van der Waals surface area contributed by atoms with Crippen LogP contribution in [0.2, 0.25) is 0 Å². The van der Waals surface area contributed by atoms with Crippen LogP contribution in [0.25, 0.3) is 0 Å². The second-order valence-corrected chi connectivity index (χ2v) is 5.01. The van der Waals surface area contributed by atoms with Gasteiger partial charge in [-0.2, -0.15) is 0 Å². The number of aliphatic carboxylic acids is 1. The first-order chi connectivity index (χ1) is 9.24. The summed E-state index contributed by atoms with van der Waals surface area (Å²) in [6, 6.07) is 0.403. The molecule has 0 saturated heterocycles. The topological polar surface area (TPSA) is 124 Å². The molecule has 2 heterocycles. The van der Waals surface area contributed by atoms with E-state index in [2.05, 4.69) is 31.1 Å². The lowest BCUT2D eigenvalue weighted by Gasteiger charge is -2.02. The minimum atomic E-state index is -0.989. The zero-order valence-corrected chi connectivity index (χ0v) is 10.6. The first kappa shape index (κ1) is 12.0. The number of hydrogen-bond acceptors (Lipinski definition) is 8. The van der Waals surface area contributed by atoms with Gasteiger partial charge in [0.25, 0.3) is 0 Å². The average molecular weight is 282 g/mol. The highest BCUT2D eigenvalue weighted by atomic mass is 32.2. The molecule has 19 heavy (non-hydrogen) atoms. The summed E-state index contributed by atoms with van der Waals surface area (Å²) in [6.45, 7) is -0.261. The summed E-state index contributed by atoms with van der Waals surface area (Å²) in [5.74, 6) is 0.262. The van der Waals surface area contributed by atoms with Crippen LogP contribution in [0.15, 0.2) is 5.16 Å².